The number of imide groups is 1. The van der Waals surface area contributed by atoms with Crippen LogP contribution in [0.15, 0.2) is 18.2 Å². The summed E-state index contributed by atoms with van der Waals surface area (Å²) in [5.74, 6) is -2.16. The van der Waals surface area contributed by atoms with Crippen LogP contribution < -0.4 is 16.0 Å². The summed E-state index contributed by atoms with van der Waals surface area (Å²) in [7, 11) is 0. The molecule has 156 valence electrons. The van der Waals surface area contributed by atoms with Gasteiger partial charge in [-0.05, 0) is 30.5 Å². The van der Waals surface area contributed by atoms with E-state index in [0.717, 1.165) is 11.1 Å². The lowest BCUT2D eigenvalue weighted by molar-refractivity contribution is -0.142. The van der Waals surface area contributed by atoms with Gasteiger partial charge in [-0.25, -0.2) is 4.79 Å². The van der Waals surface area contributed by atoms with Gasteiger partial charge in [-0.15, -0.1) is 0 Å². The first-order chi connectivity index (χ1) is 13.7. The first-order valence-corrected chi connectivity index (χ1v) is 9.71. The van der Waals surface area contributed by atoms with Crippen molar-refractivity contribution in [1.82, 2.24) is 20.9 Å². The number of nitrogens with one attached hydrogen (secondary N) is 3. The van der Waals surface area contributed by atoms with E-state index in [1.807, 2.05) is 19.1 Å². The minimum atomic E-state index is -1.61. The molecule has 4 amide bonds. The zero-order chi connectivity index (χ0) is 21.2. The van der Waals surface area contributed by atoms with E-state index in [4.69, 9.17) is 16.7 Å². The first-order valence-electron chi connectivity index (χ1n) is 9.33. The minimum absolute atomic E-state index is 0.0654. The zero-order valence-corrected chi connectivity index (χ0v) is 16.7. The lowest BCUT2D eigenvalue weighted by Gasteiger charge is -2.37. The predicted molar refractivity (Wildman–Crippen MR) is 104 cm³/mol. The molecule has 1 aromatic rings. The molecule has 2 saturated heterocycles. The van der Waals surface area contributed by atoms with Crippen molar-refractivity contribution in [3.8, 4) is 0 Å². The summed E-state index contributed by atoms with van der Waals surface area (Å²) < 4.78 is 0. The number of aliphatic carboxylic acids is 1. The highest BCUT2D eigenvalue weighted by Gasteiger charge is 2.48. The van der Waals surface area contributed by atoms with E-state index in [1.54, 1.807) is 11.0 Å². The zero-order valence-electron chi connectivity index (χ0n) is 16.0. The van der Waals surface area contributed by atoms with E-state index in [-0.39, 0.29) is 24.8 Å². The standard InChI is InChI=1S/C19H23ClN4O5/c1-11-8-12(2-3-13(11)20)14-10-21-6-7-24(14)15(25)4-5-19(9-16(26)27)17(28)22-18(29)23-19/h2-3,8,14,21H,4-7,9-10H2,1H3,(H,26,27)(H2,22,23,28,29). The number of hydrogen-bond donors (Lipinski definition) is 4. The second kappa shape index (κ2) is 8.38. The molecule has 29 heavy (non-hydrogen) atoms. The molecular formula is C19H23ClN4O5. The number of carbonyl (C=O) groups is 4. The van der Waals surface area contributed by atoms with Gasteiger partial charge in [0.1, 0.15) is 5.54 Å². The van der Waals surface area contributed by atoms with E-state index >= 15 is 0 Å². The van der Waals surface area contributed by atoms with Crippen molar-refractivity contribution in [3.63, 3.8) is 0 Å². The Labute approximate surface area is 172 Å². The molecule has 4 N–H and O–H groups in total. The molecule has 2 atom stereocenters. The summed E-state index contributed by atoms with van der Waals surface area (Å²) in [6.07, 6.45) is -0.741. The molecule has 2 aliphatic rings. The maximum atomic E-state index is 13.0. The third-order valence-corrected chi connectivity index (χ3v) is 5.79. The fourth-order valence-electron chi connectivity index (χ4n) is 3.81. The topological polar surface area (TPSA) is 128 Å². The van der Waals surface area contributed by atoms with Crippen molar-refractivity contribution in [2.24, 2.45) is 0 Å². The second-order valence-electron chi connectivity index (χ2n) is 7.38. The lowest BCUT2D eigenvalue weighted by atomic mass is 9.89. The van der Waals surface area contributed by atoms with Gasteiger partial charge in [0.15, 0.2) is 0 Å². The number of hydrogen-bond acceptors (Lipinski definition) is 5. The molecule has 0 saturated carbocycles. The number of carbonyl (C=O) groups excluding carboxylic acids is 3. The van der Waals surface area contributed by atoms with Crippen molar-refractivity contribution < 1.29 is 24.3 Å². The average molecular weight is 423 g/mol. The van der Waals surface area contributed by atoms with Crippen molar-refractivity contribution >= 4 is 35.4 Å². The molecule has 2 unspecified atom stereocenters. The van der Waals surface area contributed by atoms with Crippen LogP contribution in [0.3, 0.4) is 0 Å². The van der Waals surface area contributed by atoms with E-state index in [1.165, 1.54) is 0 Å². The number of benzene rings is 1. The Balaban J connectivity index is 1.75. The monoisotopic (exact) mass is 422 g/mol. The third kappa shape index (κ3) is 4.51. The van der Waals surface area contributed by atoms with Gasteiger partial charge in [0, 0.05) is 31.1 Å². The lowest BCUT2D eigenvalue weighted by Crippen LogP contribution is -2.51. The van der Waals surface area contributed by atoms with Gasteiger partial charge in [-0.3, -0.25) is 19.7 Å². The summed E-state index contributed by atoms with van der Waals surface area (Å²) in [5.41, 5.74) is 0.242. The van der Waals surface area contributed by atoms with Gasteiger partial charge in [0.25, 0.3) is 5.91 Å². The van der Waals surface area contributed by atoms with E-state index in [2.05, 4.69) is 16.0 Å². The van der Waals surface area contributed by atoms with Crippen LogP contribution >= 0.6 is 11.6 Å². The van der Waals surface area contributed by atoms with Crippen LogP contribution in [0.25, 0.3) is 0 Å². The molecule has 0 bridgehead atoms. The van der Waals surface area contributed by atoms with Gasteiger partial charge < -0.3 is 20.6 Å². The highest BCUT2D eigenvalue weighted by atomic mass is 35.5. The fourth-order valence-corrected chi connectivity index (χ4v) is 3.93. The summed E-state index contributed by atoms with van der Waals surface area (Å²) in [4.78, 5) is 49.6. The van der Waals surface area contributed by atoms with E-state index < -0.39 is 29.9 Å². The van der Waals surface area contributed by atoms with Gasteiger partial charge in [0.2, 0.25) is 5.91 Å². The Bertz CT molecular complexity index is 861. The van der Waals surface area contributed by atoms with Gasteiger partial charge in [0.05, 0.1) is 12.5 Å². The molecule has 2 heterocycles. The third-order valence-electron chi connectivity index (χ3n) is 5.36. The van der Waals surface area contributed by atoms with Crippen molar-refractivity contribution in [1.29, 1.82) is 0 Å². The molecule has 0 aliphatic carbocycles. The minimum Gasteiger partial charge on any atom is -0.481 e. The normalized spacial score (nSPS) is 24.2. The smallest absolute Gasteiger partial charge is 0.322 e. The van der Waals surface area contributed by atoms with E-state index in [9.17, 15) is 19.2 Å². The number of carboxylic acid groups (broad SMARTS) is 1. The molecular weight excluding hydrogens is 400 g/mol. The summed E-state index contributed by atoms with van der Waals surface area (Å²) in [5, 5.41) is 17.5. The maximum absolute atomic E-state index is 13.0. The Morgan fingerprint density at radius 2 is 2.10 bits per heavy atom. The molecule has 0 aromatic heterocycles. The number of amides is 4. The van der Waals surface area contributed by atoms with Crippen molar-refractivity contribution in [2.45, 2.75) is 37.8 Å². The fraction of sp³-hybridized carbons (Fsp3) is 0.474. The van der Waals surface area contributed by atoms with Crippen LogP contribution in [-0.4, -0.2) is 59.0 Å². The van der Waals surface area contributed by atoms with Gasteiger partial charge >= 0.3 is 12.0 Å². The molecule has 9 nitrogen and oxygen atoms in total. The number of urea groups is 1. The maximum Gasteiger partial charge on any atom is 0.322 e. The Morgan fingerprint density at radius 1 is 1.34 bits per heavy atom. The molecule has 1 aromatic carbocycles. The van der Waals surface area contributed by atoms with Crippen LogP contribution in [0.5, 0.6) is 0 Å². The van der Waals surface area contributed by atoms with Gasteiger partial charge in [-0.2, -0.15) is 0 Å². The van der Waals surface area contributed by atoms with E-state index in [0.29, 0.717) is 24.7 Å². The number of rotatable bonds is 6. The highest BCUT2D eigenvalue weighted by Crippen LogP contribution is 2.28. The second-order valence-corrected chi connectivity index (χ2v) is 7.78. The molecule has 3 rings (SSSR count). The van der Waals surface area contributed by atoms with Crippen LogP contribution in [0.2, 0.25) is 5.02 Å². The largest absolute Gasteiger partial charge is 0.481 e. The van der Waals surface area contributed by atoms with Crippen LogP contribution in [0.1, 0.15) is 36.4 Å². The number of halogens is 1. The molecule has 10 heteroatoms. The van der Waals surface area contributed by atoms with Crippen molar-refractivity contribution in [2.75, 3.05) is 19.6 Å². The summed E-state index contributed by atoms with van der Waals surface area (Å²) in [6.45, 7) is 3.58. The molecule has 0 spiro atoms. The van der Waals surface area contributed by atoms with Crippen molar-refractivity contribution in [3.05, 3.63) is 34.3 Å². The summed E-state index contributed by atoms with van der Waals surface area (Å²) >= 11 is 6.11. The summed E-state index contributed by atoms with van der Waals surface area (Å²) in [6, 6.07) is 4.67. The average Bonchev–Trinajstić information content (AvgIpc) is 2.94. The first kappa shape index (κ1) is 21.1. The van der Waals surface area contributed by atoms with Crippen LogP contribution in [0.4, 0.5) is 4.79 Å². The number of nitrogens with zero attached hydrogens (tertiary/aromatic N) is 1. The molecule has 2 fully saturated rings. The number of carboxylic acids is 1. The molecule has 0 radical (unpaired) electrons. The SMILES string of the molecule is Cc1cc(C2CNCCN2C(=O)CCC2(CC(=O)O)NC(=O)NC2=O)ccc1Cl. The number of aryl methyl sites for hydroxylation is 1. The van der Waals surface area contributed by atoms with Crippen LogP contribution in [-0.2, 0) is 14.4 Å². The Hall–Kier alpha value is -2.65. The number of piperazine rings is 1. The Morgan fingerprint density at radius 3 is 2.72 bits per heavy atom. The van der Waals surface area contributed by atoms with Gasteiger partial charge in [-0.1, -0.05) is 23.7 Å². The Kier molecular flexibility index (Phi) is 6.09. The van der Waals surface area contributed by atoms with Crippen LogP contribution in [0, 0.1) is 6.92 Å². The molecule has 2 aliphatic heterocycles. The predicted octanol–water partition coefficient (Wildman–Crippen LogP) is 0.954. The highest BCUT2D eigenvalue weighted by molar-refractivity contribution is 6.31. The quantitative estimate of drug-likeness (QED) is 0.505.